The third-order valence-electron chi connectivity index (χ3n) is 4.10. The van der Waals surface area contributed by atoms with Gasteiger partial charge in [0, 0.05) is 5.56 Å². The van der Waals surface area contributed by atoms with Gasteiger partial charge in [0.25, 0.3) is 0 Å². The molecule has 0 spiro atoms. The second-order valence-electron chi connectivity index (χ2n) is 6.02. The molecule has 2 aromatic carbocycles. The van der Waals surface area contributed by atoms with Gasteiger partial charge in [0.15, 0.2) is 11.5 Å². The van der Waals surface area contributed by atoms with Gasteiger partial charge < -0.3 is 19.4 Å². The lowest BCUT2D eigenvalue weighted by atomic mass is 10.1. The van der Waals surface area contributed by atoms with Gasteiger partial charge in [-0.3, -0.25) is 0 Å². The van der Waals surface area contributed by atoms with E-state index in [9.17, 15) is 9.90 Å². The van der Waals surface area contributed by atoms with Crippen molar-refractivity contribution in [2.75, 3.05) is 13.7 Å². The molecule has 5 nitrogen and oxygen atoms in total. The van der Waals surface area contributed by atoms with Crippen molar-refractivity contribution in [2.24, 2.45) is 0 Å². The Bertz CT molecular complexity index is 921. The predicted octanol–water partition coefficient (Wildman–Crippen LogP) is 3.50. The Balaban J connectivity index is 1.67. The molecule has 0 unspecified atom stereocenters. The van der Waals surface area contributed by atoms with E-state index in [0.717, 1.165) is 29.7 Å². The van der Waals surface area contributed by atoms with Gasteiger partial charge in [-0.05, 0) is 43.5 Å². The number of benzene rings is 2. The Morgan fingerprint density at radius 1 is 1.15 bits per heavy atom. The zero-order valence-corrected chi connectivity index (χ0v) is 16.0. The molecular weight excluding hydrogens is 362 g/mol. The first-order valence-electron chi connectivity index (χ1n) is 8.62. The van der Waals surface area contributed by atoms with Crippen LogP contribution in [0.3, 0.4) is 0 Å². The lowest BCUT2D eigenvalue weighted by molar-refractivity contribution is -0.254. The van der Waals surface area contributed by atoms with Gasteiger partial charge in [0.1, 0.15) is 5.01 Å². The SMILES string of the molecule is COc1cc(-c2nc(C)c(C(=O)[O-])s2)ccc1OCCCc1ccccc1. The van der Waals surface area contributed by atoms with Crippen LogP contribution in [0.5, 0.6) is 11.5 Å². The molecule has 1 heterocycles. The Hall–Kier alpha value is -2.86. The molecule has 6 heteroatoms. The van der Waals surface area contributed by atoms with E-state index >= 15 is 0 Å². The molecule has 0 bridgehead atoms. The van der Waals surface area contributed by atoms with Crippen LogP contribution in [0.25, 0.3) is 10.6 Å². The molecule has 0 atom stereocenters. The zero-order chi connectivity index (χ0) is 19.2. The predicted molar refractivity (Wildman–Crippen MR) is 103 cm³/mol. The Morgan fingerprint density at radius 2 is 1.93 bits per heavy atom. The number of rotatable bonds is 8. The maximum atomic E-state index is 11.1. The lowest BCUT2D eigenvalue weighted by Crippen LogP contribution is -2.21. The fourth-order valence-corrected chi connectivity index (χ4v) is 3.63. The maximum Gasteiger partial charge on any atom is 0.161 e. The summed E-state index contributed by atoms with van der Waals surface area (Å²) in [5, 5.41) is 11.7. The average molecular weight is 382 g/mol. The van der Waals surface area contributed by atoms with Crippen molar-refractivity contribution >= 4 is 17.3 Å². The van der Waals surface area contributed by atoms with E-state index in [1.807, 2.05) is 36.4 Å². The number of carboxylic acids is 1. The van der Waals surface area contributed by atoms with E-state index in [-0.39, 0.29) is 4.88 Å². The number of hydrogen-bond donors (Lipinski definition) is 0. The molecule has 0 aliphatic rings. The van der Waals surface area contributed by atoms with Crippen molar-refractivity contribution in [1.82, 2.24) is 4.98 Å². The minimum atomic E-state index is -1.21. The van der Waals surface area contributed by atoms with Gasteiger partial charge in [0.05, 0.1) is 30.3 Å². The van der Waals surface area contributed by atoms with E-state index in [2.05, 4.69) is 17.1 Å². The molecule has 0 aliphatic carbocycles. The van der Waals surface area contributed by atoms with E-state index in [1.54, 1.807) is 14.0 Å². The number of aromatic nitrogens is 1. The van der Waals surface area contributed by atoms with Crippen LogP contribution < -0.4 is 14.6 Å². The van der Waals surface area contributed by atoms with E-state index < -0.39 is 5.97 Å². The summed E-state index contributed by atoms with van der Waals surface area (Å²) in [5.41, 5.74) is 2.52. The van der Waals surface area contributed by atoms with Crippen LogP contribution in [0.2, 0.25) is 0 Å². The summed E-state index contributed by atoms with van der Waals surface area (Å²) in [6.07, 6.45) is 1.85. The molecule has 1 aromatic heterocycles. The lowest BCUT2D eigenvalue weighted by Gasteiger charge is -2.11. The molecule has 0 fully saturated rings. The standard InChI is InChI=1S/C21H21NO4S/c1-14-19(21(23)24)27-20(22-14)16-10-11-17(18(13-16)25-2)26-12-6-9-15-7-4-3-5-8-15/h3-5,7-8,10-11,13H,6,9,12H2,1-2H3,(H,23,24)/p-1. The van der Waals surface area contributed by atoms with E-state index in [0.29, 0.717) is 28.8 Å². The molecule has 0 N–H and O–H groups in total. The number of aromatic carboxylic acids is 1. The summed E-state index contributed by atoms with van der Waals surface area (Å²) >= 11 is 1.10. The smallest absolute Gasteiger partial charge is 0.161 e. The van der Waals surface area contributed by atoms with Crippen molar-refractivity contribution in [2.45, 2.75) is 19.8 Å². The number of methoxy groups -OCH3 is 1. The highest BCUT2D eigenvalue weighted by Crippen LogP contribution is 2.35. The van der Waals surface area contributed by atoms with Gasteiger partial charge >= 0.3 is 0 Å². The molecule has 140 valence electrons. The highest BCUT2D eigenvalue weighted by molar-refractivity contribution is 7.17. The van der Waals surface area contributed by atoms with Crippen molar-refractivity contribution in [3.8, 4) is 22.1 Å². The molecule has 27 heavy (non-hydrogen) atoms. The highest BCUT2D eigenvalue weighted by Gasteiger charge is 2.13. The third kappa shape index (κ3) is 4.65. The maximum absolute atomic E-state index is 11.1. The van der Waals surface area contributed by atoms with Crippen molar-refractivity contribution in [1.29, 1.82) is 0 Å². The molecule has 3 rings (SSSR count). The number of carboxylic acid groups (broad SMARTS) is 1. The molecule has 3 aromatic rings. The van der Waals surface area contributed by atoms with Gasteiger partial charge in [-0.2, -0.15) is 0 Å². The topological polar surface area (TPSA) is 71.5 Å². The van der Waals surface area contributed by atoms with Crippen LogP contribution in [-0.2, 0) is 6.42 Å². The van der Waals surface area contributed by atoms with Gasteiger partial charge in [-0.15, -0.1) is 11.3 Å². The fourth-order valence-electron chi connectivity index (χ4n) is 2.73. The van der Waals surface area contributed by atoms with Gasteiger partial charge in [-0.1, -0.05) is 30.3 Å². The first-order chi connectivity index (χ1) is 13.1. The van der Waals surface area contributed by atoms with Crippen LogP contribution in [-0.4, -0.2) is 24.7 Å². The largest absolute Gasteiger partial charge is 0.544 e. The summed E-state index contributed by atoms with van der Waals surface area (Å²) in [6.45, 7) is 2.24. The number of carbonyl (C=O) groups excluding carboxylic acids is 1. The quantitative estimate of drug-likeness (QED) is 0.558. The Morgan fingerprint density at radius 3 is 2.59 bits per heavy atom. The van der Waals surface area contributed by atoms with Crippen molar-refractivity contribution in [3.05, 3.63) is 64.7 Å². The van der Waals surface area contributed by atoms with E-state index in [1.165, 1.54) is 5.56 Å². The molecule has 0 aliphatic heterocycles. The molecule has 0 amide bonds. The second kappa shape index (κ2) is 8.68. The summed E-state index contributed by atoms with van der Waals surface area (Å²) in [4.78, 5) is 15.6. The van der Waals surface area contributed by atoms with Crippen LogP contribution >= 0.6 is 11.3 Å². The first-order valence-corrected chi connectivity index (χ1v) is 9.44. The van der Waals surface area contributed by atoms with Crippen LogP contribution in [0.1, 0.15) is 27.3 Å². The summed E-state index contributed by atoms with van der Waals surface area (Å²) in [6, 6.07) is 15.8. The Labute approximate surface area is 162 Å². The number of carbonyl (C=O) groups is 1. The average Bonchev–Trinajstić information content (AvgIpc) is 3.08. The minimum Gasteiger partial charge on any atom is -0.544 e. The number of thiazole rings is 1. The number of aryl methyl sites for hydroxylation is 2. The molecule has 0 saturated carbocycles. The van der Waals surface area contributed by atoms with Crippen LogP contribution in [0.15, 0.2) is 48.5 Å². The van der Waals surface area contributed by atoms with Crippen molar-refractivity contribution < 1.29 is 19.4 Å². The second-order valence-corrected chi connectivity index (χ2v) is 7.02. The number of hydrogen-bond acceptors (Lipinski definition) is 6. The molecule has 0 saturated heterocycles. The number of nitrogens with zero attached hydrogens (tertiary/aromatic N) is 1. The van der Waals surface area contributed by atoms with Crippen LogP contribution in [0, 0.1) is 6.92 Å². The number of ether oxygens (including phenoxy) is 2. The summed E-state index contributed by atoms with van der Waals surface area (Å²) in [7, 11) is 1.58. The minimum absolute atomic E-state index is 0.144. The molecule has 0 radical (unpaired) electrons. The van der Waals surface area contributed by atoms with Gasteiger partial charge in [-0.25, -0.2) is 4.98 Å². The zero-order valence-electron chi connectivity index (χ0n) is 15.2. The first kappa shape index (κ1) is 18.9. The summed E-state index contributed by atoms with van der Waals surface area (Å²) in [5.74, 6) is 0.0411. The normalized spacial score (nSPS) is 10.6. The van der Waals surface area contributed by atoms with E-state index in [4.69, 9.17) is 9.47 Å². The van der Waals surface area contributed by atoms with Gasteiger partial charge in [0.2, 0.25) is 0 Å². The monoisotopic (exact) mass is 382 g/mol. The van der Waals surface area contributed by atoms with Crippen molar-refractivity contribution in [3.63, 3.8) is 0 Å². The fraction of sp³-hybridized carbons (Fsp3) is 0.238. The highest BCUT2D eigenvalue weighted by atomic mass is 32.1. The Kier molecular flexibility index (Phi) is 6.08. The molecular formula is C21H20NO4S-. The third-order valence-corrected chi connectivity index (χ3v) is 5.29. The van der Waals surface area contributed by atoms with Crippen LogP contribution in [0.4, 0.5) is 0 Å². The summed E-state index contributed by atoms with van der Waals surface area (Å²) < 4.78 is 11.3.